The summed E-state index contributed by atoms with van der Waals surface area (Å²) in [5.74, 6) is 0.412. The molecule has 4 aromatic rings. The molecule has 1 aliphatic heterocycles. The van der Waals surface area contributed by atoms with E-state index in [0.717, 1.165) is 29.9 Å². The second kappa shape index (κ2) is 7.86. The van der Waals surface area contributed by atoms with Crippen molar-refractivity contribution in [1.82, 2.24) is 25.2 Å². The van der Waals surface area contributed by atoms with Gasteiger partial charge in [0.2, 0.25) is 0 Å². The Morgan fingerprint density at radius 2 is 2.00 bits per heavy atom. The Balaban J connectivity index is 1.35. The maximum atomic E-state index is 12.0. The van der Waals surface area contributed by atoms with Gasteiger partial charge in [0, 0.05) is 29.0 Å². The molecule has 0 bridgehead atoms. The molecule has 1 saturated heterocycles. The van der Waals surface area contributed by atoms with E-state index in [4.69, 9.17) is 4.98 Å². The van der Waals surface area contributed by atoms with Gasteiger partial charge in [-0.2, -0.15) is 9.61 Å². The molecule has 164 valence electrons. The molecule has 1 aliphatic carbocycles. The fraction of sp³-hybridized carbons (Fsp3) is 0.167. The number of benzene rings is 1. The van der Waals surface area contributed by atoms with Crippen molar-refractivity contribution in [3.05, 3.63) is 76.6 Å². The fourth-order valence-electron chi connectivity index (χ4n) is 3.84. The number of nitrogens with one attached hydrogen (secondary N) is 3. The van der Waals surface area contributed by atoms with Crippen LogP contribution in [0.3, 0.4) is 0 Å². The Kier molecular flexibility index (Phi) is 4.69. The molecule has 1 saturated carbocycles. The summed E-state index contributed by atoms with van der Waals surface area (Å²) in [5, 5.41) is 14.8. The number of aromatic nitrogens is 3. The lowest BCUT2D eigenvalue weighted by Crippen LogP contribution is -2.22. The summed E-state index contributed by atoms with van der Waals surface area (Å²) in [6.45, 7) is 0. The predicted molar refractivity (Wildman–Crippen MR) is 127 cm³/mol. The zero-order chi connectivity index (χ0) is 22.4. The number of urea groups is 1. The third-order valence-corrected chi connectivity index (χ3v) is 6.57. The van der Waals surface area contributed by atoms with E-state index in [2.05, 4.69) is 62.8 Å². The summed E-state index contributed by atoms with van der Waals surface area (Å²) in [5.41, 5.74) is 4.74. The second-order valence-corrected chi connectivity index (χ2v) is 9.15. The lowest BCUT2D eigenvalue weighted by atomic mass is 10.1. The first-order valence-electron chi connectivity index (χ1n) is 10.7. The molecule has 2 aliphatic rings. The number of fused-ring (bicyclic) bond motifs is 1. The highest BCUT2D eigenvalue weighted by Gasteiger charge is 2.25. The highest BCUT2D eigenvalue weighted by atomic mass is 32.1. The van der Waals surface area contributed by atoms with Crippen molar-refractivity contribution in [2.45, 2.75) is 25.3 Å². The Labute approximate surface area is 193 Å². The van der Waals surface area contributed by atoms with Crippen LogP contribution in [0.25, 0.3) is 22.2 Å². The minimum Gasteiger partial charge on any atom is -0.367 e. The van der Waals surface area contributed by atoms with E-state index in [1.165, 1.54) is 10.4 Å². The third kappa shape index (κ3) is 3.98. The molecule has 1 aromatic carbocycles. The Morgan fingerprint density at radius 3 is 2.70 bits per heavy atom. The van der Waals surface area contributed by atoms with E-state index in [0.29, 0.717) is 23.7 Å². The summed E-state index contributed by atoms with van der Waals surface area (Å²) >= 11 is 1.73. The molecule has 0 atom stereocenters. The standard InChI is InChI=1S/C24H20N6O2S/c31-23-19(28-24(32)29-23)11-16-13-25-30-21(26-17-7-8-17)12-18(27-22(16)30)10-14-3-5-15(6-4-14)20-2-1-9-33-20/h1-6,9,11-13,17,26H,7-8,10H2,(H2,28,29,31,32)/b19-11-. The number of carbonyl (C=O) groups excluding carboxylic acids is 2. The van der Waals surface area contributed by atoms with Gasteiger partial charge in [0.1, 0.15) is 11.5 Å². The van der Waals surface area contributed by atoms with Crippen LogP contribution in [0.1, 0.15) is 29.7 Å². The number of rotatable bonds is 6. The monoisotopic (exact) mass is 456 g/mol. The van der Waals surface area contributed by atoms with Crippen LogP contribution >= 0.6 is 11.3 Å². The topological polar surface area (TPSA) is 100 Å². The van der Waals surface area contributed by atoms with E-state index in [9.17, 15) is 9.59 Å². The molecule has 0 spiro atoms. The van der Waals surface area contributed by atoms with Crippen LogP contribution in [0.2, 0.25) is 0 Å². The third-order valence-electron chi connectivity index (χ3n) is 5.65. The first-order valence-corrected chi connectivity index (χ1v) is 11.6. The van der Waals surface area contributed by atoms with E-state index >= 15 is 0 Å². The molecule has 4 heterocycles. The summed E-state index contributed by atoms with van der Waals surface area (Å²) in [4.78, 5) is 29.5. The SMILES string of the molecule is O=C1NC(=O)/C(=C/c2cnn3c(NC4CC4)cc(Cc4ccc(-c5cccs5)cc4)nc23)N1. The van der Waals surface area contributed by atoms with Gasteiger partial charge in [-0.05, 0) is 41.5 Å². The van der Waals surface area contributed by atoms with Crippen LogP contribution < -0.4 is 16.0 Å². The first-order chi connectivity index (χ1) is 16.1. The van der Waals surface area contributed by atoms with Gasteiger partial charge in [-0.25, -0.2) is 9.78 Å². The molecule has 33 heavy (non-hydrogen) atoms. The van der Waals surface area contributed by atoms with E-state index in [-0.39, 0.29) is 5.70 Å². The van der Waals surface area contributed by atoms with Gasteiger partial charge in [-0.3, -0.25) is 10.1 Å². The highest BCUT2D eigenvalue weighted by Crippen LogP contribution is 2.28. The molecule has 3 aromatic heterocycles. The second-order valence-electron chi connectivity index (χ2n) is 8.20. The molecule has 8 nitrogen and oxygen atoms in total. The number of hydrogen-bond acceptors (Lipinski definition) is 6. The van der Waals surface area contributed by atoms with Gasteiger partial charge in [-0.15, -0.1) is 11.3 Å². The van der Waals surface area contributed by atoms with E-state index in [1.54, 1.807) is 28.1 Å². The van der Waals surface area contributed by atoms with Gasteiger partial charge in [-0.1, -0.05) is 30.3 Å². The van der Waals surface area contributed by atoms with Gasteiger partial charge in [0.25, 0.3) is 5.91 Å². The van der Waals surface area contributed by atoms with Crippen molar-refractivity contribution in [3.8, 4) is 10.4 Å². The van der Waals surface area contributed by atoms with E-state index in [1.807, 2.05) is 6.07 Å². The summed E-state index contributed by atoms with van der Waals surface area (Å²) in [6.07, 6.45) is 6.20. The van der Waals surface area contributed by atoms with Crippen molar-refractivity contribution in [1.29, 1.82) is 0 Å². The van der Waals surface area contributed by atoms with Crippen LogP contribution in [0.4, 0.5) is 10.6 Å². The Hall–Kier alpha value is -3.98. The maximum absolute atomic E-state index is 12.0. The summed E-state index contributed by atoms with van der Waals surface area (Å²) < 4.78 is 1.75. The van der Waals surface area contributed by atoms with Crippen LogP contribution in [-0.4, -0.2) is 32.6 Å². The van der Waals surface area contributed by atoms with Crippen LogP contribution in [-0.2, 0) is 11.2 Å². The van der Waals surface area contributed by atoms with Gasteiger partial charge in [0.15, 0.2) is 5.65 Å². The number of anilines is 1. The van der Waals surface area contributed by atoms with Gasteiger partial charge in [0.05, 0.1) is 11.9 Å². The predicted octanol–water partition coefficient (Wildman–Crippen LogP) is 3.80. The minimum absolute atomic E-state index is 0.183. The number of amides is 3. The summed E-state index contributed by atoms with van der Waals surface area (Å²) in [7, 11) is 0. The molecular formula is C24H20N6O2S. The highest BCUT2D eigenvalue weighted by molar-refractivity contribution is 7.13. The average molecular weight is 457 g/mol. The Bertz CT molecular complexity index is 1400. The smallest absolute Gasteiger partial charge is 0.326 e. The summed E-state index contributed by atoms with van der Waals surface area (Å²) in [6, 6.07) is 14.7. The van der Waals surface area contributed by atoms with E-state index < -0.39 is 11.9 Å². The number of imide groups is 1. The zero-order valence-corrected chi connectivity index (χ0v) is 18.4. The largest absolute Gasteiger partial charge is 0.367 e. The van der Waals surface area contributed by atoms with Crippen molar-refractivity contribution >= 4 is 40.8 Å². The lowest BCUT2D eigenvalue weighted by molar-refractivity contribution is -0.115. The minimum atomic E-state index is -0.529. The van der Waals surface area contributed by atoms with Gasteiger partial charge >= 0.3 is 6.03 Å². The Morgan fingerprint density at radius 1 is 1.15 bits per heavy atom. The molecule has 3 amide bonds. The molecule has 2 fully saturated rings. The fourth-order valence-corrected chi connectivity index (χ4v) is 4.57. The van der Waals surface area contributed by atoms with Crippen molar-refractivity contribution < 1.29 is 9.59 Å². The number of carbonyl (C=O) groups is 2. The average Bonchev–Trinajstić information content (AvgIpc) is 3.17. The number of nitrogens with zero attached hydrogens (tertiary/aromatic N) is 3. The van der Waals surface area contributed by atoms with Crippen molar-refractivity contribution in [3.63, 3.8) is 0 Å². The normalized spacial score (nSPS) is 16.9. The molecule has 9 heteroatoms. The molecule has 6 rings (SSSR count). The van der Waals surface area contributed by atoms with Crippen LogP contribution in [0.5, 0.6) is 0 Å². The van der Waals surface area contributed by atoms with Crippen LogP contribution in [0, 0.1) is 0 Å². The molecule has 0 radical (unpaired) electrons. The lowest BCUT2D eigenvalue weighted by Gasteiger charge is -2.10. The molecule has 3 N–H and O–H groups in total. The quantitative estimate of drug-likeness (QED) is 0.303. The molecule has 0 unspecified atom stereocenters. The van der Waals surface area contributed by atoms with Gasteiger partial charge < -0.3 is 10.6 Å². The maximum Gasteiger partial charge on any atom is 0.326 e. The number of hydrogen-bond donors (Lipinski definition) is 3. The van der Waals surface area contributed by atoms with Crippen molar-refractivity contribution in [2.75, 3.05) is 5.32 Å². The number of thiophene rings is 1. The zero-order valence-electron chi connectivity index (χ0n) is 17.5. The van der Waals surface area contributed by atoms with Crippen LogP contribution in [0.15, 0.2) is 59.7 Å². The first kappa shape index (κ1) is 19.7. The van der Waals surface area contributed by atoms with Crippen molar-refractivity contribution in [2.24, 2.45) is 0 Å². The molecular weight excluding hydrogens is 436 g/mol.